The summed E-state index contributed by atoms with van der Waals surface area (Å²) in [7, 11) is -4.38. The molecule has 4 rings (SSSR count). The number of fused-ring (bicyclic) bond motifs is 1. The second kappa shape index (κ2) is 7.19. The zero-order valence-electron chi connectivity index (χ0n) is 15.3. The highest BCUT2D eigenvalue weighted by molar-refractivity contribution is 7.90. The van der Waals surface area contributed by atoms with Gasteiger partial charge in [0.15, 0.2) is 0 Å². The van der Waals surface area contributed by atoms with Crippen molar-refractivity contribution in [2.75, 3.05) is 5.32 Å². The fourth-order valence-corrected chi connectivity index (χ4v) is 4.61. The zero-order chi connectivity index (χ0) is 20.8. The van der Waals surface area contributed by atoms with Crippen molar-refractivity contribution in [1.29, 1.82) is 0 Å². The highest BCUT2D eigenvalue weighted by atomic mass is 32.2. The Morgan fingerprint density at radius 3 is 2.79 bits per heavy atom. The number of aryl methyl sites for hydroxylation is 1. The van der Waals surface area contributed by atoms with Gasteiger partial charge in [0, 0.05) is 24.6 Å². The molecule has 29 heavy (non-hydrogen) atoms. The fourth-order valence-electron chi connectivity index (χ4n) is 3.46. The summed E-state index contributed by atoms with van der Waals surface area (Å²) in [6, 6.07) is 2.06. The van der Waals surface area contributed by atoms with Gasteiger partial charge < -0.3 is 11.1 Å². The smallest absolute Gasteiger partial charge is 0.266 e. The summed E-state index contributed by atoms with van der Waals surface area (Å²) in [4.78, 5) is 23.2. The van der Waals surface area contributed by atoms with Crippen LogP contribution in [0.25, 0.3) is 0 Å². The van der Waals surface area contributed by atoms with E-state index in [1.54, 1.807) is 10.9 Å². The van der Waals surface area contributed by atoms with E-state index in [-0.39, 0.29) is 30.6 Å². The zero-order valence-corrected chi connectivity index (χ0v) is 16.1. The summed E-state index contributed by atoms with van der Waals surface area (Å²) >= 11 is 0. The van der Waals surface area contributed by atoms with Gasteiger partial charge in [-0.05, 0) is 37.0 Å². The number of nitrogens with zero attached hydrogens (tertiary/aromatic N) is 3. The maximum Gasteiger partial charge on any atom is 0.266 e. The Labute approximate surface area is 165 Å². The van der Waals surface area contributed by atoms with Gasteiger partial charge in [0.1, 0.15) is 10.7 Å². The van der Waals surface area contributed by atoms with Crippen LogP contribution in [-0.4, -0.2) is 35.2 Å². The molecule has 154 valence electrons. The molecule has 0 bridgehead atoms. The number of aromatic nitrogens is 3. The van der Waals surface area contributed by atoms with E-state index >= 15 is 0 Å². The van der Waals surface area contributed by atoms with Crippen LogP contribution < -0.4 is 15.8 Å². The van der Waals surface area contributed by atoms with Crippen LogP contribution in [0.5, 0.6) is 0 Å². The van der Waals surface area contributed by atoms with E-state index in [4.69, 9.17) is 5.73 Å². The molecule has 12 heteroatoms. The lowest BCUT2D eigenvalue weighted by Gasteiger charge is -2.33. The third-order valence-electron chi connectivity index (χ3n) is 5.20. The molecule has 2 aromatic rings. The maximum absolute atomic E-state index is 14.4. The van der Waals surface area contributed by atoms with Crippen LogP contribution in [0.1, 0.15) is 36.6 Å². The van der Waals surface area contributed by atoms with Gasteiger partial charge in [0.2, 0.25) is 11.8 Å². The summed E-state index contributed by atoms with van der Waals surface area (Å²) in [6.07, 6.45) is 2.96. The molecule has 1 saturated carbocycles. The van der Waals surface area contributed by atoms with Crippen molar-refractivity contribution in [2.24, 2.45) is 11.7 Å². The number of hydrogen-bond donors (Lipinski definition) is 3. The third kappa shape index (κ3) is 3.72. The summed E-state index contributed by atoms with van der Waals surface area (Å²) in [5.41, 5.74) is 6.86. The van der Waals surface area contributed by atoms with Gasteiger partial charge in [-0.25, -0.2) is 22.2 Å². The molecule has 10 nitrogen and oxygen atoms in total. The SMILES string of the molecule is NCc1cn(C2CC(C(=O)NS(=O)(=O)c3cc4c(cc3F)NC(=O)CC4)C2)nn1. The molecule has 0 atom stereocenters. The number of amides is 2. The Morgan fingerprint density at radius 1 is 1.34 bits per heavy atom. The first kappa shape index (κ1) is 19.5. The fraction of sp³-hybridized carbons (Fsp3) is 0.412. The van der Waals surface area contributed by atoms with Crippen molar-refractivity contribution >= 4 is 27.5 Å². The maximum atomic E-state index is 14.4. The number of hydrogen-bond acceptors (Lipinski definition) is 7. The summed E-state index contributed by atoms with van der Waals surface area (Å²) in [5.74, 6) is -2.51. The van der Waals surface area contributed by atoms with E-state index < -0.39 is 32.6 Å². The molecule has 2 aliphatic rings. The molecule has 0 radical (unpaired) electrons. The first-order valence-corrected chi connectivity index (χ1v) is 10.5. The minimum absolute atomic E-state index is 0.0645. The lowest BCUT2D eigenvalue weighted by Crippen LogP contribution is -2.42. The number of nitrogens with two attached hydrogens (primary N) is 1. The van der Waals surface area contributed by atoms with Crippen molar-refractivity contribution in [3.63, 3.8) is 0 Å². The number of carbonyl (C=O) groups is 2. The van der Waals surface area contributed by atoms with Crippen LogP contribution in [-0.2, 0) is 32.6 Å². The second-order valence-corrected chi connectivity index (χ2v) is 8.82. The summed E-state index contributed by atoms with van der Waals surface area (Å²) in [5, 5.41) is 10.3. The highest BCUT2D eigenvalue weighted by Gasteiger charge is 2.38. The van der Waals surface area contributed by atoms with Crippen molar-refractivity contribution in [3.05, 3.63) is 35.4 Å². The van der Waals surface area contributed by atoms with Gasteiger partial charge >= 0.3 is 0 Å². The minimum Gasteiger partial charge on any atom is -0.326 e. The molecule has 1 aromatic carbocycles. The van der Waals surface area contributed by atoms with Crippen LogP contribution in [0, 0.1) is 11.7 Å². The van der Waals surface area contributed by atoms with Crippen molar-refractivity contribution < 1.29 is 22.4 Å². The number of benzene rings is 1. The first-order valence-electron chi connectivity index (χ1n) is 9.06. The average molecular weight is 422 g/mol. The standard InChI is InChI=1S/C17H19FN6O4S/c18-13-6-14-9(1-2-16(25)20-14)5-15(13)29(27,28)22-17(26)10-3-12(4-10)24-8-11(7-19)21-23-24/h5-6,8,10,12H,1-4,7,19H2,(H,20,25)(H,22,26). The molecule has 1 aromatic heterocycles. The highest BCUT2D eigenvalue weighted by Crippen LogP contribution is 2.37. The molecule has 0 spiro atoms. The van der Waals surface area contributed by atoms with E-state index in [0.717, 1.165) is 12.1 Å². The van der Waals surface area contributed by atoms with Gasteiger partial charge in [0.25, 0.3) is 10.0 Å². The van der Waals surface area contributed by atoms with Crippen LogP contribution in [0.3, 0.4) is 0 Å². The predicted octanol–water partition coefficient (Wildman–Crippen LogP) is 0.217. The second-order valence-electron chi connectivity index (χ2n) is 7.17. The van der Waals surface area contributed by atoms with Crippen molar-refractivity contribution in [2.45, 2.75) is 43.2 Å². The Hall–Kier alpha value is -2.86. The number of halogens is 1. The predicted molar refractivity (Wildman–Crippen MR) is 98.4 cm³/mol. The van der Waals surface area contributed by atoms with E-state index in [1.807, 2.05) is 4.72 Å². The van der Waals surface area contributed by atoms with Gasteiger partial charge in [-0.3, -0.25) is 9.59 Å². The van der Waals surface area contributed by atoms with Gasteiger partial charge in [-0.1, -0.05) is 5.21 Å². The average Bonchev–Trinajstić information content (AvgIpc) is 3.07. The van der Waals surface area contributed by atoms with E-state index in [2.05, 4.69) is 15.6 Å². The van der Waals surface area contributed by atoms with Crippen LogP contribution in [0.4, 0.5) is 10.1 Å². The Balaban J connectivity index is 1.44. The van der Waals surface area contributed by atoms with Crippen LogP contribution in [0.15, 0.2) is 23.2 Å². The molecule has 2 amide bonds. The first-order chi connectivity index (χ1) is 13.8. The quantitative estimate of drug-likeness (QED) is 0.624. The minimum atomic E-state index is -4.38. The number of sulfonamides is 1. The topological polar surface area (TPSA) is 149 Å². The lowest BCUT2D eigenvalue weighted by atomic mass is 9.80. The third-order valence-corrected chi connectivity index (χ3v) is 6.56. The van der Waals surface area contributed by atoms with E-state index in [9.17, 15) is 22.4 Å². The van der Waals surface area contributed by atoms with Crippen LogP contribution in [0.2, 0.25) is 0 Å². The van der Waals surface area contributed by atoms with Crippen molar-refractivity contribution in [3.8, 4) is 0 Å². The van der Waals surface area contributed by atoms with Gasteiger partial charge in [0.05, 0.1) is 17.9 Å². The van der Waals surface area contributed by atoms with Gasteiger partial charge in [-0.15, -0.1) is 5.10 Å². The number of anilines is 1. The number of nitrogens with one attached hydrogen (secondary N) is 2. The number of rotatable bonds is 5. The monoisotopic (exact) mass is 422 g/mol. The Morgan fingerprint density at radius 2 is 2.10 bits per heavy atom. The molecule has 0 unspecified atom stereocenters. The van der Waals surface area contributed by atoms with Crippen LogP contribution >= 0.6 is 0 Å². The molecule has 1 aliphatic carbocycles. The van der Waals surface area contributed by atoms with E-state index in [1.165, 1.54) is 0 Å². The lowest BCUT2D eigenvalue weighted by molar-refractivity contribution is -0.127. The van der Waals surface area contributed by atoms with Crippen molar-refractivity contribution in [1.82, 2.24) is 19.7 Å². The largest absolute Gasteiger partial charge is 0.326 e. The molecule has 0 saturated heterocycles. The molecule has 1 fully saturated rings. The Bertz CT molecular complexity index is 1090. The normalized spacial score (nSPS) is 21.1. The molecule has 1 aliphatic heterocycles. The molecule has 4 N–H and O–H groups in total. The summed E-state index contributed by atoms with van der Waals surface area (Å²) < 4.78 is 43.0. The molecular formula is C17H19FN6O4S. The molecule has 2 heterocycles. The van der Waals surface area contributed by atoms with Gasteiger partial charge in [-0.2, -0.15) is 0 Å². The molecular weight excluding hydrogens is 403 g/mol. The number of carbonyl (C=O) groups excluding carboxylic acids is 2. The van der Waals surface area contributed by atoms with E-state index in [0.29, 0.717) is 30.5 Å². The summed E-state index contributed by atoms with van der Waals surface area (Å²) in [6.45, 7) is 0.255. The Kier molecular flexibility index (Phi) is 4.82.